The summed E-state index contributed by atoms with van der Waals surface area (Å²) in [6, 6.07) is 4.73. The molecule has 0 aromatic heterocycles. The molecule has 0 spiro atoms. The Bertz CT molecular complexity index is 398. The van der Waals surface area contributed by atoms with E-state index in [1.54, 1.807) is 12.1 Å². The van der Waals surface area contributed by atoms with Gasteiger partial charge in [0.1, 0.15) is 5.69 Å². The highest BCUT2D eigenvalue weighted by Gasteiger charge is 2.13. The lowest BCUT2D eigenvalue weighted by atomic mass is 10.2. The summed E-state index contributed by atoms with van der Waals surface area (Å²) in [5, 5.41) is 34.0. The van der Waals surface area contributed by atoms with Crippen LogP contribution in [-0.4, -0.2) is 41.4 Å². The lowest BCUT2D eigenvalue weighted by Crippen LogP contribution is -2.08. The van der Waals surface area contributed by atoms with Gasteiger partial charge in [0, 0.05) is 31.5 Å². The first-order chi connectivity index (χ1) is 8.69. The zero-order chi connectivity index (χ0) is 13.4. The zero-order valence-electron chi connectivity index (χ0n) is 9.93. The number of aliphatic hydroxyl groups excluding tert-OH is 2. The van der Waals surface area contributed by atoms with Gasteiger partial charge < -0.3 is 20.8 Å². The van der Waals surface area contributed by atoms with E-state index in [1.807, 2.05) is 0 Å². The van der Waals surface area contributed by atoms with Gasteiger partial charge in [0.25, 0.3) is 5.69 Å². The maximum Gasteiger partial charge on any atom is 0.294 e. The second kappa shape index (κ2) is 7.46. The lowest BCUT2D eigenvalue weighted by Gasteiger charge is -2.09. The van der Waals surface area contributed by atoms with Gasteiger partial charge in [0.15, 0.2) is 0 Å². The highest BCUT2D eigenvalue weighted by atomic mass is 16.6. The van der Waals surface area contributed by atoms with Crippen LogP contribution in [0.5, 0.6) is 0 Å². The summed E-state index contributed by atoms with van der Waals surface area (Å²) in [5.74, 6) is 0. The summed E-state index contributed by atoms with van der Waals surface area (Å²) >= 11 is 0. The second-order valence-electron chi connectivity index (χ2n) is 3.64. The maximum atomic E-state index is 10.9. The smallest absolute Gasteiger partial charge is 0.294 e. The van der Waals surface area contributed by atoms with Crippen LogP contribution in [0.3, 0.4) is 0 Å². The molecule has 18 heavy (non-hydrogen) atoms. The fourth-order valence-electron chi connectivity index (χ4n) is 1.44. The van der Waals surface area contributed by atoms with Crippen molar-refractivity contribution in [3.05, 3.63) is 28.3 Å². The summed E-state index contributed by atoms with van der Waals surface area (Å²) in [6.45, 7) is 0.800. The molecule has 0 aliphatic heterocycles. The third kappa shape index (κ3) is 4.19. The topological polar surface area (TPSA) is 108 Å². The molecule has 1 aromatic rings. The number of nitro groups is 1. The predicted octanol–water partition coefficient (Wildman–Crippen LogP) is 0.793. The molecular weight excluding hydrogens is 238 g/mol. The number of nitrogens with one attached hydrogen (secondary N) is 2. The average Bonchev–Trinajstić information content (AvgIpc) is 2.37. The molecule has 0 fully saturated rings. The van der Waals surface area contributed by atoms with Crippen molar-refractivity contribution in [2.75, 3.05) is 36.9 Å². The molecule has 7 nitrogen and oxygen atoms in total. The summed E-state index contributed by atoms with van der Waals surface area (Å²) in [6.07, 6.45) is 0.582. The van der Waals surface area contributed by atoms with Crippen LogP contribution in [0.15, 0.2) is 18.2 Å². The molecule has 0 amide bonds. The van der Waals surface area contributed by atoms with Crippen LogP contribution < -0.4 is 10.6 Å². The highest BCUT2D eigenvalue weighted by molar-refractivity contribution is 5.67. The Labute approximate surface area is 105 Å². The fraction of sp³-hybridized carbons (Fsp3) is 0.455. The minimum absolute atomic E-state index is 0.0440. The molecule has 0 saturated carbocycles. The maximum absolute atomic E-state index is 10.9. The first-order valence-electron chi connectivity index (χ1n) is 5.67. The molecular formula is C11H17N3O4. The van der Waals surface area contributed by atoms with Crippen LogP contribution in [0, 0.1) is 10.1 Å². The number of nitro benzene ring substituents is 1. The van der Waals surface area contributed by atoms with Gasteiger partial charge in [-0.3, -0.25) is 10.1 Å². The lowest BCUT2D eigenvalue weighted by molar-refractivity contribution is -0.383. The molecule has 0 heterocycles. The van der Waals surface area contributed by atoms with E-state index in [9.17, 15) is 10.1 Å². The zero-order valence-corrected chi connectivity index (χ0v) is 9.93. The van der Waals surface area contributed by atoms with E-state index in [4.69, 9.17) is 10.2 Å². The highest BCUT2D eigenvalue weighted by Crippen LogP contribution is 2.27. The number of benzene rings is 1. The van der Waals surface area contributed by atoms with Crippen LogP contribution >= 0.6 is 0 Å². The van der Waals surface area contributed by atoms with Crippen molar-refractivity contribution < 1.29 is 15.1 Å². The predicted molar refractivity (Wildman–Crippen MR) is 68.9 cm³/mol. The van der Waals surface area contributed by atoms with E-state index in [0.717, 1.165) is 0 Å². The molecule has 0 aliphatic rings. The molecule has 100 valence electrons. The Kier molecular flexibility index (Phi) is 5.89. The molecule has 0 bridgehead atoms. The van der Waals surface area contributed by atoms with Crippen LogP contribution in [0.1, 0.15) is 6.42 Å². The van der Waals surface area contributed by atoms with E-state index in [1.165, 1.54) is 6.07 Å². The fourth-order valence-corrected chi connectivity index (χ4v) is 1.44. The summed E-state index contributed by atoms with van der Waals surface area (Å²) in [5.41, 5.74) is 0.962. The largest absolute Gasteiger partial charge is 0.396 e. The van der Waals surface area contributed by atoms with Gasteiger partial charge in [-0.25, -0.2) is 0 Å². The van der Waals surface area contributed by atoms with Gasteiger partial charge in [0.05, 0.1) is 11.5 Å². The minimum Gasteiger partial charge on any atom is -0.396 e. The van der Waals surface area contributed by atoms with Gasteiger partial charge in [0.2, 0.25) is 0 Å². The molecule has 0 atom stereocenters. The molecule has 0 radical (unpaired) electrons. The van der Waals surface area contributed by atoms with Gasteiger partial charge >= 0.3 is 0 Å². The van der Waals surface area contributed by atoms with E-state index in [-0.39, 0.29) is 25.4 Å². The Balaban J connectivity index is 2.78. The van der Waals surface area contributed by atoms with Crippen molar-refractivity contribution in [3.8, 4) is 0 Å². The number of nitrogens with zero attached hydrogens (tertiary/aromatic N) is 1. The van der Waals surface area contributed by atoms with E-state index >= 15 is 0 Å². The van der Waals surface area contributed by atoms with Crippen molar-refractivity contribution in [2.24, 2.45) is 0 Å². The second-order valence-corrected chi connectivity index (χ2v) is 3.64. The minimum atomic E-state index is -0.475. The SMILES string of the molecule is O=[N+]([O-])c1cc(NCCCO)ccc1NCCO. The van der Waals surface area contributed by atoms with Crippen molar-refractivity contribution >= 4 is 17.1 Å². The molecule has 1 rings (SSSR count). The van der Waals surface area contributed by atoms with E-state index in [0.29, 0.717) is 24.3 Å². The van der Waals surface area contributed by atoms with Crippen LogP contribution in [0.2, 0.25) is 0 Å². The van der Waals surface area contributed by atoms with Gasteiger partial charge in [-0.05, 0) is 18.6 Å². The third-order valence-electron chi connectivity index (χ3n) is 2.29. The summed E-state index contributed by atoms with van der Waals surface area (Å²) < 4.78 is 0. The Morgan fingerprint density at radius 2 is 1.94 bits per heavy atom. The Hall–Kier alpha value is -1.86. The van der Waals surface area contributed by atoms with Crippen molar-refractivity contribution in [2.45, 2.75) is 6.42 Å². The first kappa shape index (κ1) is 14.2. The van der Waals surface area contributed by atoms with Gasteiger partial charge in [-0.1, -0.05) is 0 Å². The standard InChI is InChI=1S/C11H17N3O4/c15-6-1-4-12-9-2-3-10(13-5-7-16)11(8-9)14(17)18/h2-3,8,12-13,15-16H,1,4-7H2. The number of rotatable bonds is 8. The van der Waals surface area contributed by atoms with E-state index in [2.05, 4.69) is 10.6 Å². The molecule has 4 N–H and O–H groups in total. The molecule has 0 aliphatic carbocycles. The molecule has 1 aromatic carbocycles. The van der Waals surface area contributed by atoms with Crippen molar-refractivity contribution in [1.29, 1.82) is 0 Å². The number of aliphatic hydroxyl groups is 2. The van der Waals surface area contributed by atoms with Crippen LogP contribution in [0.25, 0.3) is 0 Å². The van der Waals surface area contributed by atoms with Crippen molar-refractivity contribution in [1.82, 2.24) is 0 Å². The molecule has 0 saturated heterocycles. The Morgan fingerprint density at radius 1 is 1.17 bits per heavy atom. The number of anilines is 2. The average molecular weight is 255 g/mol. The first-order valence-corrected chi connectivity index (χ1v) is 5.67. The third-order valence-corrected chi connectivity index (χ3v) is 2.29. The van der Waals surface area contributed by atoms with Crippen LogP contribution in [-0.2, 0) is 0 Å². The normalized spacial score (nSPS) is 10.1. The van der Waals surface area contributed by atoms with E-state index < -0.39 is 4.92 Å². The molecule has 0 unspecified atom stereocenters. The van der Waals surface area contributed by atoms with Crippen LogP contribution in [0.4, 0.5) is 17.1 Å². The summed E-state index contributed by atoms with van der Waals surface area (Å²) in [4.78, 5) is 10.4. The van der Waals surface area contributed by atoms with Crippen molar-refractivity contribution in [3.63, 3.8) is 0 Å². The van der Waals surface area contributed by atoms with Gasteiger partial charge in [-0.2, -0.15) is 0 Å². The number of hydrogen-bond acceptors (Lipinski definition) is 6. The number of hydrogen-bond donors (Lipinski definition) is 4. The quantitative estimate of drug-likeness (QED) is 0.311. The summed E-state index contributed by atoms with van der Waals surface area (Å²) in [7, 11) is 0. The molecule has 7 heteroatoms. The monoisotopic (exact) mass is 255 g/mol. The Morgan fingerprint density at radius 3 is 2.56 bits per heavy atom. The van der Waals surface area contributed by atoms with Gasteiger partial charge in [-0.15, -0.1) is 0 Å².